The largest absolute Gasteiger partial charge is 0.395 e. The van der Waals surface area contributed by atoms with Crippen molar-refractivity contribution in [3.8, 4) is 0 Å². The van der Waals surface area contributed by atoms with Crippen molar-refractivity contribution < 1.29 is 39.8 Å². The van der Waals surface area contributed by atoms with Crippen LogP contribution in [0, 0.1) is 5.92 Å². The molecule has 3 unspecified atom stereocenters. The number of nitrogen functional groups attached to an aromatic ring is 2. The molecule has 0 saturated carbocycles. The van der Waals surface area contributed by atoms with Gasteiger partial charge in [0.05, 0.1) is 12.9 Å². The summed E-state index contributed by atoms with van der Waals surface area (Å²) >= 11 is 9.23. The molecule has 25 heteroatoms. The summed E-state index contributed by atoms with van der Waals surface area (Å²) < 4.78 is 61.4. The van der Waals surface area contributed by atoms with Crippen LogP contribution in [0.4, 0.5) is 11.6 Å². The number of nitrogens with two attached hydrogens (primary N) is 2. The van der Waals surface area contributed by atoms with Gasteiger partial charge < -0.3 is 25.9 Å². The van der Waals surface area contributed by atoms with Gasteiger partial charge in [-0.05, 0) is 0 Å². The highest BCUT2D eigenvalue weighted by atomic mass is 127. The van der Waals surface area contributed by atoms with Gasteiger partial charge in [-0.2, -0.15) is 0 Å². The van der Waals surface area contributed by atoms with Crippen molar-refractivity contribution in [2.45, 2.75) is 44.3 Å². The van der Waals surface area contributed by atoms with Crippen LogP contribution in [0.3, 0.4) is 0 Å². The van der Waals surface area contributed by atoms with Crippen molar-refractivity contribution in [3.05, 3.63) is 29.5 Å². The molecule has 0 amide bonds. The van der Waals surface area contributed by atoms with Crippen molar-refractivity contribution in [2.75, 3.05) is 18.1 Å². The number of fused-ring (bicyclic) bond motifs is 2. The molecule has 8 atom stereocenters. The predicted octanol–water partition coefficient (Wildman–Crippen LogP) is 2.33. The van der Waals surface area contributed by atoms with Crippen LogP contribution in [0.25, 0.3) is 22.3 Å². The number of rotatable bonds is 10. The van der Waals surface area contributed by atoms with E-state index >= 15 is 0 Å². The summed E-state index contributed by atoms with van der Waals surface area (Å²) in [5, 5.41) is 0. The van der Waals surface area contributed by atoms with Crippen molar-refractivity contribution in [1.29, 1.82) is 0 Å². The minimum absolute atomic E-state index is 0.0507. The van der Waals surface area contributed by atoms with Crippen LogP contribution in [0.2, 0.25) is 0 Å². The second-order valence-electron chi connectivity index (χ2n) is 9.88. The molecule has 0 spiro atoms. The summed E-state index contributed by atoms with van der Waals surface area (Å²) in [4.78, 5) is 49.2. The second kappa shape index (κ2) is 12.4. The fourth-order valence-corrected chi connectivity index (χ4v) is 7.48. The Morgan fingerprint density at radius 3 is 2.49 bits per heavy atom. The van der Waals surface area contributed by atoms with Gasteiger partial charge in [-0.25, -0.2) is 46.3 Å². The Morgan fingerprint density at radius 1 is 1.04 bits per heavy atom. The summed E-state index contributed by atoms with van der Waals surface area (Å²) in [6.07, 6.45) is -2.27. The van der Waals surface area contributed by atoms with Gasteiger partial charge >= 0.3 is 19.3 Å². The lowest BCUT2D eigenvalue weighted by Gasteiger charge is -2.24. The standard InChI is InChI=1S/C20H23IN10O10P2S2/c1-7-2-9(30-6-28-10-14(22)24-4-26-16(10)30)38-19(7)40-43(35,45)39-13-8(3-36-42(34,44)41-21)37-18(12(13)32)31-17-11(29-20(31)33)15(23)25-5-27-17/h4-9,13,18-19H,2-3H2,1H3,(H,29,33)(H,34,44)(H,35,45)(H2,22,24,26)(H2,23,25,27)/t7?,8-,9-,13-,18-,19-,42?,43?/m1/s1. The number of imidazole rings is 2. The number of halogens is 1. The Balaban J connectivity index is 1.23. The van der Waals surface area contributed by atoms with Crippen LogP contribution >= 0.6 is 61.1 Å². The van der Waals surface area contributed by atoms with Gasteiger partial charge in [-0.15, -0.1) is 0 Å². The zero-order valence-electron chi connectivity index (χ0n) is 22.6. The van der Waals surface area contributed by atoms with Gasteiger partial charge in [0.1, 0.15) is 59.0 Å². The van der Waals surface area contributed by atoms with Crippen molar-refractivity contribution >= 4 is 101 Å². The average Bonchev–Trinajstić information content (AvgIpc) is 3.73. The number of aromatic nitrogens is 8. The first kappa shape index (κ1) is 32.7. The fourth-order valence-electron chi connectivity index (χ4n) is 4.88. The molecule has 6 rings (SSSR count). The first-order chi connectivity index (χ1) is 21.3. The molecule has 0 radical (unpaired) electrons. The van der Waals surface area contributed by atoms with E-state index in [1.165, 1.54) is 35.7 Å². The molecule has 2 fully saturated rings. The van der Waals surface area contributed by atoms with E-state index in [0.717, 1.165) is 10.9 Å². The number of hydrogen-bond donors (Lipinski definition) is 5. The smallest absolute Gasteiger partial charge is 0.382 e. The molecular weight excluding hydrogens is 793 g/mol. The normalized spacial score (nSPS) is 28.1. The van der Waals surface area contributed by atoms with Gasteiger partial charge in [0, 0.05) is 12.3 Å². The van der Waals surface area contributed by atoms with Gasteiger partial charge in [0.15, 0.2) is 35.3 Å². The number of H-pyrrole nitrogens is 1. The molecule has 2 saturated heterocycles. The lowest BCUT2D eigenvalue weighted by atomic mass is 10.1. The summed E-state index contributed by atoms with van der Waals surface area (Å²) in [5.74, 6) is -1.09. The van der Waals surface area contributed by atoms with Crippen LogP contribution in [-0.4, -0.2) is 69.9 Å². The zero-order valence-corrected chi connectivity index (χ0v) is 28.4. The number of carbonyl (C=O) groups excluding carboxylic acids is 1. The number of nitrogens with zero attached hydrogens (tertiary/aromatic N) is 7. The number of ether oxygens (including phenoxy) is 2. The zero-order chi connectivity index (χ0) is 32.3. The molecule has 20 nitrogen and oxygen atoms in total. The van der Waals surface area contributed by atoms with Crippen LogP contribution < -0.4 is 17.2 Å². The maximum absolute atomic E-state index is 13.7. The average molecular weight is 816 g/mol. The topological polar surface area (TPSA) is 266 Å². The summed E-state index contributed by atoms with van der Waals surface area (Å²) in [5.41, 5.74) is 11.7. The van der Waals surface area contributed by atoms with E-state index in [-0.39, 0.29) is 28.7 Å². The number of thiol groups is 2. The Morgan fingerprint density at radius 2 is 1.76 bits per heavy atom. The maximum Gasteiger partial charge on any atom is 0.395 e. The molecule has 2 aliphatic heterocycles. The third kappa shape index (κ3) is 6.40. The molecule has 0 bridgehead atoms. The lowest BCUT2D eigenvalue weighted by Crippen LogP contribution is -2.33. The molecule has 2 aliphatic rings. The minimum atomic E-state index is -4.42. The molecule has 0 aromatic carbocycles. The minimum Gasteiger partial charge on any atom is -0.382 e. The second-order valence-corrected chi connectivity index (χ2v) is 16.7. The van der Waals surface area contributed by atoms with Crippen LogP contribution in [0.5, 0.6) is 0 Å². The molecule has 4 aromatic heterocycles. The van der Waals surface area contributed by atoms with Crippen molar-refractivity contribution in [1.82, 2.24) is 39.0 Å². The van der Waals surface area contributed by atoms with Crippen molar-refractivity contribution in [3.63, 3.8) is 0 Å². The molecular formula is C20H23IN10O10P2S2. The Hall–Kier alpha value is -2.18. The number of Topliss-reactive ketones (excluding diaryl/α,β-unsaturated/α-hetero) is 1. The predicted molar refractivity (Wildman–Crippen MR) is 169 cm³/mol. The molecule has 4 aromatic rings. The number of aromatic amines is 1. The molecule has 0 aliphatic carbocycles. The van der Waals surface area contributed by atoms with Crippen LogP contribution in [0.15, 0.2) is 23.8 Å². The summed E-state index contributed by atoms with van der Waals surface area (Å²) in [6.45, 7) is -7.13. The van der Waals surface area contributed by atoms with Gasteiger partial charge in [-0.3, -0.25) is 22.9 Å². The number of hydrogen-bond acceptors (Lipinski definition) is 17. The van der Waals surface area contributed by atoms with Crippen LogP contribution in [-0.2, 0) is 39.8 Å². The third-order valence-corrected chi connectivity index (χ3v) is 12.2. The highest BCUT2D eigenvalue weighted by Gasteiger charge is 2.51. The highest BCUT2D eigenvalue weighted by molar-refractivity contribution is 14.1. The van der Waals surface area contributed by atoms with Gasteiger partial charge in [0.2, 0.25) is 12.0 Å². The maximum atomic E-state index is 13.7. The number of anilines is 2. The van der Waals surface area contributed by atoms with E-state index in [2.05, 4.69) is 57.3 Å². The van der Waals surface area contributed by atoms with Crippen LogP contribution in [0.1, 0.15) is 25.8 Å². The van der Waals surface area contributed by atoms with Crippen molar-refractivity contribution in [2.24, 2.45) is 5.92 Å². The Labute approximate surface area is 276 Å². The first-order valence-electron chi connectivity index (χ1n) is 12.7. The number of carbonyl (C=O) groups is 1. The molecule has 45 heavy (non-hydrogen) atoms. The Bertz CT molecular complexity index is 1940. The SMILES string of the molecule is CC1C[C@H](n2cnc3c(N)ncnc32)O[C@@H]1OP(=O)(S)O[C@H]1C(=O)[C@H](n2c(=O)[nH]c3c(N)ncnc32)O[C@@H]1COP(=O)(S)OI. The number of ketones is 1. The number of nitrogens with one attached hydrogen (secondary N) is 1. The highest BCUT2D eigenvalue weighted by Crippen LogP contribution is 2.59. The first-order valence-corrected chi connectivity index (χ1v) is 19.0. The van der Waals surface area contributed by atoms with E-state index in [1.54, 1.807) is 11.5 Å². The van der Waals surface area contributed by atoms with E-state index in [4.69, 9.17) is 34.5 Å². The monoisotopic (exact) mass is 816 g/mol. The lowest BCUT2D eigenvalue weighted by molar-refractivity contribution is -0.131. The molecule has 6 heterocycles. The van der Waals surface area contributed by atoms with Gasteiger partial charge in [0.25, 0.3) is 0 Å². The summed E-state index contributed by atoms with van der Waals surface area (Å²) in [7, 11) is 0. The van der Waals surface area contributed by atoms with Gasteiger partial charge in [-0.1, -0.05) is 31.4 Å². The Kier molecular flexibility index (Phi) is 9.06. The van der Waals surface area contributed by atoms with E-state index in [0.29, 0.717) is 17.6 Å². The van der Waals surface area contributed by atoms with E-state index < -0.39 is 62.6 Å². The quantitative estimate of drug-likeness (QED) is 0.0873. The van der Waals surface area contributed by atoms with E-state index in [1.807, 2.05) is 0 Å². The third-order valence-electron chi connectivity index (χ3n) is 6.93. The fraction of sp³-hybridized carbons (Fsp3) is 0.450. The van der Waals surface area contributed by atoms with E-state index in [9.17, 15) is 18.7 Å². The molecule has 5 N–H and O–H groups in total. The molecule has 242 valence electrons. The summed E-state index contributed by atoms with van der Waals surface area (Å²) in [6, 6.07) is 0.